The molecule has 0 saturated heterocycles. The molecule has 118 valence electrons. The molecular formula is C14H17Cl2N5O. The van der Waals surface area contributed by atoms with Crippen molar-refractivity contribution in [3.8, 4) is 0 Å². The number of carbonyl (C=O) groups excluding carboxylic acids is 1. The zero-order valence-electron chi connectivity index (χ0n) is 12.1. The Bertz CT molecular complexity index is 618. The minimum Gasteiger partial charge on any atom is -0.338 e. The molecule has 0 fully saturated rings. The molecule has 0 bridgehead atoms. The first-order valence-electron chi connectivity index (χ1n) is 6.89. The van der Waals surface area contributed by atoms with Gasteiger partial charge in [-0.3, -0.25) is 4.68 Å². The van der Waals surface area contributed by atoms with Crippen LogP contribution in [0, 0.1) is 0 Å². The smallest absolute Gasteiger partial charge is 0.315 e. The molecule has 22 heavy (non-hydrogen) atoms. The number of nitrogens with one attached hydrogen (secondary N) is 2. The van der Waals surface area contributed by atoms with Gasteiger partial charge in [0.25, 0.3) is 0 Å². The molecule has 0 spiro atoms. The number of halogens is 2. The van der Waals surface area contributed by atoms with Crippen molar-refractivity contribution in [2.45, 2.75) is 25.9 Å². The number of carbonyl (C=O) groups is 1. The van der Waals surface area contributed by atoms with Gasteiger partial charge in [-0.15, -0.1) is 5.10 Å². The van der Waals surface area contributed by atoms with Gasteiger partial charge in [-0.2, -0.15) is 0 Å². The number of rotatable bonds is 6. The number of aromatic nitrogens is 3. The zero-order valence-corrected chi connectivity index (χ0v) is 13.6. The van der Waals surface area contributed by atoms with E-state index in [-0.39, 0.29) is 12.1 Å². The van der Waals surface area contributed by atoms with Crippen LogP contribution in [-0.4, -0.2) is 27.6 Å². The van der Waals surface area contributed by atoms with E-state index in [2.05, 4.69) is 20.9 Å². The Morgan fingerprint density at radius 2 is 2.23 bits per heavy atom. The normalized spacial score (nSPS) is 12.0. The minimum absolute atomic E-state index is 0.208. The Hall–Kier alpha value is -1.79. The van der Waals surface area contributed by atoms with Crippen LogP contribution in [0.25, 0.3) is 0 Å². The number of nitrogens with zero attached hydrogens (tertiary/aromatic N) is 3. The van der Waals surface area contributed by atoms with Crippen molar-refractivity contribution in [1.82, 2.24) is 25.6 Å². The second kappa shape index (κ2) is 8.00. The third kappa shape index (κ3) is 4.89. The minimum atomic E-state index is -0.239. The largest absolute Gasteiger partial charge is 0.338 e. The maximum atomic E-state index is 11.8. The number of aryl methyl sites for hydroxylation is 1. The molecule has 0 aliphatic rings. The van der Waals surface area contributed by atoms with Crippen molar-refractivity contribution in [1.29, 1.82) is 0 Å². The number of hydrogen-bond acceptors (Lipinski definition) is 3. The molecule has 2 aromatic rings. The summed E-state index contributed by atoms with van der Waals surface area (Å²) in [6.07, 6.45) is 4.18. The molecule has 1 heterocycles. The molecular weight excluding hydrogens is 325 g/mol. The number of amides is 2. The Labute approximate surface area is 138 Å². The van der Waals surface area contributed by atoms with Gasteiger partial charge in [-0.25, -0.2) is 4.79 Å². The molecule has 1 aromatic carbocycles. The lowest BCUT2D eigenvalue weighted by Gasteiger charge is -2.16. The lowest BCUT2D eigenvalue weighted by atomic mass is 10.1. The Balaban J connectivity index is 1.74. The Morgan fingerprint density at radius 1 is 1.41 bits per heavy atom. The van der Waals surface area contributed by atoms with Crippen molar-refractivity contribution in [3.05, 3.63) is 46.2 Å². The van der Waals surface area contributed by atoms with E-state index in [1.807, 2.05) is 6.92 Å². The molecule has 2 rings (SSSR count). The highest BCUT2D eigenvalue weighted by Gasteiger charge is 2.12. The lowest BCUT2D eigenvalue weighted by molar-refractivity contribution is 0.237. The molecule has 0 saturated carbocycles. The summed E-state index contributed by atoms with van der Waals surface area (Å²) < 4.78 is 1.72. The first-order valence-corrected chi connectivity index (χ1v) is 7.65. The molecule has 1 atom stereocenters. The number of hydrogen-bond donors (Lipinski definition) is 2. The fourth-order valence-electron chi connectivity index (χ4n) is 1.97. The molecule has 0 aliphatic heterocycles. The van der Waals surface area contributed by atoms with Crippen LogP contribution in [-0.2, 0) is 6.54 Å². The van der Waals surface area contributed by atoms with Crippen molar-refractivity contribution in [2.75, 3.05) is 6.54 Å². The highest BCUT2D eigenvalue weighted by Crippen LogP contribution is 2.25. The van der Waals surface area contributed by atoms with Gasteiger partial charge in [0.2, 0.25) is 0 Å². The Kier molecular flexibility index (Phi) is 6.03. The van der Waals surface area contributed by atoms with E-state index in [0.29, 0.717) is 23.1 Å². The molecule has 0 aliphatic carbocycles. The fourth-order valence-corrected chi connectivity index (χ4v) is 2.55. The molecule has 8 heteroatoms. The van der Waals surface area contributed by atoms with Crippen molar-refractivity contribution in [2.24, 2.45) is 0 Å². The van der Waals surface area contributed by atoms with Gasteiger partial charge in [0, 0.05) is 29.3 Å². The second-order valence-corrected chi connectivity index (χ2v) is 5.65. The van der Waals surface area contributed by atoms with E-state index < -0.39 is 0 Å². The van der Waals surface area contributed by atoms with Crippen LogP contribution < -0.4 is 10.6 Å². The van der Waals surface area contributed by atoms with Gasteiger partial charge >= 0.3 is 6.03 Å². The summed E-state index contributed by atoms with van der Waals surface area (Å²) in [5.74, 6) is 0. The van der Waals surface area contributed by atoms with Crippen molar-refractivity contribution in [3.63, 3.8) is 0 Å². The summed E-state index contributed by atoms with van der Waals surface area (Å²) in [6.45, 7) is 3.12. The van der Waals surface area contributed by atoms with Gasteiger partial charge in [-0.05, 0) is 31.0 Å². The van der Waals surface area contributed by atoms with Crippen molar-refractivity contribution < 1.29 is 4.79 Å². The third-order valence-electron chi connectivity index (χ3n) is 3.10. The first kappa shape index (κ1) is 16.6. The van der Waals surface area contributed by atoms with Crippen LogP contribution in [0.2, 0.25) is 10.0 Å². The summed E-state index contributed by atoms with van der Waals surface area (Å²) in [4.78, 5) is 11.8. The quantitative estimate of drug-likeness (QED) is 0.793. The predicted molar refractivity (Wildman–Crippen MR) is 86.1 cm³/mol. The second-order valence-electron chi connectivity index (χ2n) is 4.81. The summed E-state index contributed by atoms with van der Waals surface area (Å²) in [5.41, 5.74) is 0.823. The van der Waals surface area contributed by atoms with Crippen LogP contribution in [0.5, 0.6) is 0 Å². The van der Waals surface area contributed by atoms with Gasteiger partial charge in [0.15, 0.2) is 0 Å². The topological polar surface area (TPSA) is 71.8 Å². The van der Waals surface area contributed by atoms with E-state index in [0.717, 1.165) is 12.0 Å². The highest BCUT2D eigenvalue weighted by atomic mass is 35.5. The van der Waals surface area contributed by atoms with E-state index >= 15 is 0 Å². The van der Waals surface area contributed by atoms with Gasteiger partial charge in [0.1, 0.15) is 0 Å². The van der Waals surface area contributed by atoms with E-state index in [1.165, 1.54) is 0 Å². The summed E-state index contributed by atoms with van der Waals surface area (Å²) in [7, 11) is 0. The number of urea groups is 1. The zero-order chi connectivity index (χ0) is 15.9. The fraction of sp³-hybridized carbons (Fsp3) is 0.357. The average molecular weight is 342 g/mol. The standard InChI is InChI=1S/C14H17Cl2N5O/c1-10(12-4-3-11(15)9-13(12)16)19-14(22)17-5-2-7-21-8-6-18-20-21/h3-4,6,8-10H,2,5,7H2,1H3,(H2,17,19,22)/t10-/m0/s1. The first-order chi connectivity index (χ1) is 10.6. The SMILES string of the molecule is C[C@H](NC(=O)NCCCn1ccnn1)c1ccc(Cl)cc1Cl. The predicted octanol–water partition coefficient (Wildman–Crippen LogP) is 3.04. The van der Waals surface area contributed by atoms with Gasteiger partial charge in [0.05, 0.1) is 12.2 Å². The van der Waals surface area contributed by atoms with E-state index in [1.54, 1.807) is 35.3 Å². The summed E-state index contributed by atoms with van der Waals surface area (Å²) >= 11 is 12.0. The molecule has 2 amide bonds. The monoisotopic (exact) mass is 341 g/mol. The van der Waals surface area contributed by atoms with Crippen molar-refractivity contribution >= 4 is 29.2 Å². The van der Waals surface area contributed by atoms with Crippen LogP contribution in [0.15, 0.2) is 30.6 Å². The molecule has 1 aromatic heterocycles. The lowest BCUT2D eigenvalue weighted by Crippen LogP contribution is -2.37. The van der Waals surface area contributed by atoms with Crippen LogP contribution >= 0.6 is 23.2 Å². The number of benzene rings is 1. The van der Waals surface area contributed by atoms with Crippen LogP contribution in [0.3, 0.4) is 0 Å². The average Bonchev–Trinajstić information content (AvgIpc) is 2.96. The summed E-state index contributed by atoms with van der Waals surface area (Å²) in [5, 5.41) is 14.3. The van der Waals surface area contributed by atoms with Gasteiger partial charge in [-0.1, -0.05) is 34.5 Å². The van der Waals surface area contributed by atoms with Gasteiger partial charge < -0.3 is 10.6 Å². The molecule has 2 N–H and O–H groups in total. The van der Waals surface area contributed by atoms with Crippen LogP contribution in [0.4, 0.5) is 4.79 Å². The maximum absolute atomic E-state index is 11.8. The maximum Gasteiger partial charge on any atom is 0.315 e. The Morgan fingerprint density at radius 3 is 2.91 bits per heavy atom. The van der Waals surface area contributed by atoms with E-state index in [9.17, 15) is 4.79 Å². The molecule has 0 unspecified atom stereocenters. The highest BCUT2D eigenvalue weighted by molar-refractivity contribution is 6.35. The molecule has 6 nitrogen and oxygen atoms in total. The molecule has 0 radical (unpaired) electrons. The third-order valence-corrected chi connectivity index (χ3v) is 3.66. The summed E-state index contributed by atoms with van der Waals surface area (Å²) in [6, 6.07) is 4.77. The van der Waals surface area contributed by atoms with E-state index in [4.69, 9.17) is 23.2 Å². The van der Waals surface area contributed by atoms with Crippen LogP contribution in [0.1, 0.15) is 24.9 Å².